The number of aromatic nitrogens is 3. The van der Waals surface area contributed by atoms with Gasteiger partial charge in [0.1, 0.15) is 6.33 Å². The average Bonchev–Trinajstić information content (AvgIpc) is 2.95. The molecule has 2 N–H and O–H groups in total. The first-order valence-electron chi connectivity index (χ1n) is 6.05. The maximum Gasteiger partial charge on any atom is 0.377 e. The zero-order chi connectivity index (χ0) is 15.6. The van der Waals surface area contributed by atoms with Gasteiger partial charge in [0.15, 0.2) is 0 Å². The summed E-state index contributed by atoms with van der Waals surface area (Å²) in [5.74, 6) is -0.957. The van der Waals surface area contributed by atoms with Gasteiger partial charge in [0.05, 0.1) is 18.4 Å². The van der Waals surface area contributed by atoms with Gasteiger partial charge in [-0.2, -0.15) is 0 Å². The molecule has 0 aliphatic heterocycles. The highest BCUT2D eigenvalue weighted by molar-refractivity contribution is 5.98. The Hall–Kier alpha value is -2.90. The second-order valence-corrected chi connectivity index (χ2v) is 4.48. The molecular weight excluding hydrogens is 274 g/mol. The molecule has 110 valence electrons. The number of hydrogen-bond acceptors (Lipinski definition) is 6. The van der Waals surface area contributed by atoms with E-state index in [-0.39, 0.29) is 11.7 Å². The number of benzene rings is 1. The maximum atomic E-state index is 12.2. The molecule has 2 aromatic rings. The minimum absolute atomic E-state index is 0.0943. The van der Waals surface area contributed by atoms with Crippen LogP contribution >= 0.6 is 0 Å². The number of ether oxygens (including phenoxy) is 1. The number of rotatable bonds is 3. The zero-order valence-corrected chi connectivity index (χ0v) is 11.9. The molecule has 0 unspecified atom stereocenters. The molecule has 1 aromatic heterocycles. The molecule has 8 nitrogen and oxygen atoms in total. The number of nitrogens with two attached hydrogens (primary N) is 1. The molecule has 0 radical (unpaired) electrons. The summed E-state index contributed by atoms with van der Waals surface area (Å²) in [6.07, 6.45) is 1.33. The molecule has 0 saturated heterocycles. The molecule has 21 heavy (non-hydrogen) atoms. The van der Waals surface area contributed by atoms with Crippen LogP contribution in [-0.2, 0) is 4.74 Å². The summed E-state index contributed by atoms with van der Waals surface area (Å²) in [7, 11) is 4.53. The van der Waals surface area contributed by atoms with Crippen molar-refractivity contribution in [1.29, 1.82) is 0 Å². The Morgan fingerprint density at radius 1 is 1.33 bits per heavy atom. The van der Waals surface area contributed by atoms with Crippen molar-refractivity contribution in [2.75, 3.05) is 26.9 Å². The molecule has 0 aliphatic rings. The minimum Gasteiger partial charge on any atom is -0.463 e. The van der Waals surface area contributed by atoms with E-state index in [1.807, 2.05) is 0 Å². The fourth-order valence-corrected chi connectivity index (χ4v) is 1.72. The van der Waals surface area contributed by atoms with Crippen LogP contribution in [0.5, 0.6) is 0 Å². The first kappa shape index (κ1) is 14.5. The summed E-state index contributed by atoms with van der Waals surface area (Å²) in [5.41, 5.74) is 7.06. The number of amides is 1. The summed E-state index contributed by atoms with van der Waals surface area (Å²) in [4.78, 5) is 28.9. The molecule has 0 atom stereocenters. The van der Waals surface area contributed by atoms with Gasteiger partial charge in [0, 0.05) is 19.8 Å². The lowest BCUT2D eigenvalue weighted by atomic mass is 10.1. The SMILES string of the molecule is COC(=O)c1ncn(-c2cc(N)ccc2C(=O)N(C)C)n1. The van der Waals surface area contributed by atoms with Crippen molar-refractivity contribution in [3.05, 3.63) is 35.9 Å². The van der Waals surface area contributed by atoms with Gasteiger partial charge >= 0.3 is 5.97 Å². The Balaban J connectivity index is 2.52. The fraction of sp³-hybridized carbons (Fsp3) is 0.231. The van der Waals surface area contributed by atoms with Gasteiger partial charge in [-0.3, -0.25) is 4.79 Å². The van der Waals surface area contributed by atoms with Crippen LogP contribution in [0.2, 0.25) is 0 Å². The van der Waals surface area contributed by atoms with E-state index < -0.39 is 5.97 Å². The van der Waals surface area contributed by atoms with Gasteiger partial charge in [-0.1, -0.05) is 0 Å². The first-order chi connectivity index (χ1) is 9.93. The average molecular weight is 289 g/mol. The van der Waals surface area contributed by atoms with Gasteiger partial charge in [0.25, 0.3) is 11.7 Å². The molecule has 1 aromatic carbocycles. The van der Waals surface area contributed by atoms with Gasteiger partial charge in [-0.15, -0.1) is 5.10 Å². The number of nitrogens with zero attached hydrogens (tertiary/aromatic N) is 4. The maximum absolute atomic E-state index is 12.2. The number of anilines is 1. The second kappa shape index (κ2) is 5.61. The van der Waals surface area contributed by atoms with Crippen molar-refractivity contribution < 1.29 is 14.3 Å². The topological polar surface area (TPSA) is 103 Å². The van der Waals surface area contributed by atoms with E-state index in [4.69, 9.17) is 5.73 Å². The van der Waals surface area contributed by atoms with Crippen LogP contribution in [-0.4, -0.2) is 52.7 Å². The van der Waals surface area contributed by atoms with Crippen LogP contribution in [0.15, 0.2) is 24.5 Å². The van der Waals surface area contributed by atoms with Gasteiger partial charge in [0.2, 0.25) is 0 Å². The van der Waals surface area contributed by atoms with E-state index in [9.17, 15) is 9.59 Å². The summed E-state index contributed by atoms with van der Waals surface area (Å²) >= 11 is 0. The van der Waals surface area contributed by atoms with Crippen molar-refractivity contribution in [1.82, 2.24) is 19.7 Å². The first-order valence-corrected chi connectivity index (χ1v) is 6.05. The van der Waals surface area contributed by atoms with E-state index in [2.05, 4.69) is 14.8 Å². The molecular formula is C13H15N5O3. The predicted octanol–water partition coefficient (Wildman–Crippen LogP) is 0.338. The van der Waals surface area contributed by atoms with Gasteiger partial charge in [-0.05, 0) is 18.2 Å². The molecule has 0 fully saturated rings. The minimum atomic E-state index is -0.655. The van der Waals surface area contributed by atoms with Crippen molar-refractivity contribution in [3.8, 4) is 5.69 Å². The number of methoxy groups -OCH3 is 1. The Labute approximate surface area is 121 Å². The van der Waals surface area contributed by atoms with Gasteiger partial charge < -0.3 is 15.4 Å². The van der Waals surface area contributed by atoms with E-state index >= 15 is 0 Å². The number of carbonyl (C=O) groups is 2. The molecule has 0 saturated carbocycles. The van der Waals surface area contributed by atoms with E-state index in [1.165, 1.54) is 23.0 Å². The van der Waals surface area contributed by atoms with Gasteiger partial charge in [-0.25, -0.2) is 14.5 Å². The highest BCUT2D eigenvalue weighted by Gasteiger charge is 2.18. The number of hydrogen-bond donors (Lipinski definition) is 1. The molecule has 8 heteroatoms. The third-order valence-corrected chi connectivity index (χ3v) is 2.77. The number of carbonyl (C=O) groups excluding carboxylic acids is 2. The molecule has 1 amide bonds. The third-order valence-electron chi connectivity index (χ3n) is 2.77. The van der Waals surface area contributed by atoms with Crippen molar-refractivity contribution in [3.63, 3.8) is 0 Å². The summed E-state index contributed by atoms with van der Waals surface area (Å²) in [6.45, 7) is 0. The molecule has 0 aliphatic carbocycles. The smallest absolute Gasteiger partial charge is 0.377 e. The van der Waals surface area contributed by atoms with Crippen LogP contribution in [0, 0.1) is 0 Å². The summed E-state index contributed by atoms with van der Waals surface area (Å²) in [6, 6.07) is 4.82. The third kappa shape index (κ3) is 2.83. The van der Waals surface area contributed by atoms with Crippen LogP contribution < -0.4 is 5.73 Å². The largest absolute Gasteiger partial charge is 0.463 e. The molecule has 2 rings (SSSR count). The highest BCUT2D eigenvalue weighted by atomic mass is 16.5. The zero-order valence-electron chi connectivity index (χ0n) is 11.9. The lowest BCUT2D eigenvalue weighted by Gasteiger charge is -2.14. The molecule has 0 spiro atoms. The Kier molecular flexibility index (Phi) is 3.88. The summed E-state index contributed by atoms with van der Waals surface area (Å²) in [5, 5.41) is 4.00. The highest BCUT2D eigenvalue weighted by Crippen LogP contribution is 2.19. The van der Waals surface area contributed by atoms with Crippen LogP contribution in [0.1, 0.15) is 21.0 Å². The fourth-order valence-electron chi connectivity index (χ4n) is 1.72. The second-order valence-electron chi connectivity index (χ2n) is 4.48. The Bertz CT molecular complexity index is 693. The van der Waals surface area contributed by atoms with Crippen LogP contribution in [0.4, 0.5) is 5.69 Å². The standard InChI is InChI=1S/C13H15N5O3/c1-17(2)12(19)9-5-4-8(14)6-10(9)18-7-15-11(16-18)13(20)21-3/h4-7H,14H2,1-3H3. The van der Waals surface area contributed by atoms with E-state index in [1.54, 1.807) is 32.3 Å². The van der Waals surface area contributed by atoms with Crippen LogP contribution in [0.25, 0.3) is 5.69 Å². The van der Waals surface area contributed by atoms with Crippen molar-refractivity contribution in [2.24, 2.45) is 0 Å². The molecule has 1 heterocycles. The predicted molar refractivity (Wildman–Crippen MR) is 75.1 cm³/mol. The Morgan fingerprint density at radius 3 is 2.67 bits per heavy atom. The number of nitrogen functional groups attached to an aromatic ring is 1. The quantitative estimate of drug-likeness (QED) is 0.645. The lowest BCUT2D eigenvalue weighted by molar-refractivity contribution is 0.0586. The van der Waals surface area contributed by atoms with Crippen LogP contribution in [0.3, 0.4) is 0 Å². The van der Waals surface area contributed by atoms with E-state index in [0.29, 0.717) is 16.9 Å². The van der Waals surface area contributed by atoms with Crippen molar-refractivity contribution in [2.45, 2.75) is 0 Å². The molecule has 0 bridgehead atoms. The monoisotopic (exact) mass is 289 g/mol. The summed E-state index contributed by atoms with van der Waals surface area (Å²) < 4.78 is 5.87. The Morgan fingerprint density at radius 2 is 2.05 bits per heavy atom. The number of esters is 1. The van der Waals surface area contributed by atoms with Crippen molar-refractivity contribution >= 4 is 17.6 Å². The lowest BCUT2D eigenvalue weighted by Crippen LogP contribution is -2.23. The normalized spacial score (nSPS) is 10.2. The van der Waals surface area contributed by atoms with E-state index in [0.717, 1.165) is 0 Å².